The first kappa shape index (κ1) is 21.1. The van der Waals surface area contributed by atoms with E-state index in [0.717, 1.165) is 5.56 Å². The van der Waals surface area contributed by atoms with Crippen LogP contribution in [0, 0.1) is 12.7 Å². The van der Waals surface area contributed by atoms with Crippen LogP contribution in [0.2, 0.25) is 0 Å². The van der Waals surface area contributed by atoms with Crippen LogP contribution in [0.25, 0.3) is 22.0 Å². The average Bonchev–Trinajstić information content (AvgIpc) is 3.34. The van der Waals surface area contributed by atoms with Gasteiger partial charge in [-0.3, -0.25) is 4.72 Å². The number of thiazole rings is 1. The van der Waals surface area contributed by atoms with Crippen molar-refractivity contribution in [2.75, 3.05) is 11.8 Å². The molecule has 2 heterocycles. The lowest BCUT2D eigenvalue weighted by atomic mass is 10.2. The van der Waals surface area contributed by atoms with Crippen LogP contribution in [0.15, 0.2) is 64.9 Å². The molecule has 0 saturated heterocycles. The van der Waals surface area contributed by atoms with Crippen molar-refractivity contribution < 1.29 is 17.5 Å². The van der Waals surface area contributed by atoms with E-state index >= 15 is 0 Å². The van der Waals surface area contributed by atoms with Crippen LogP contribution in [-0.2, 0) is 17.1 Å². The van der Waals surface area contributed by atoms with Gasteiger partial charge >= 0.3 is 0 Å². The Balaban J connectivity index is 1.67. The van der Waals surface area contributed by atoms with Crippen LogP contribution in [0.4, 0.5) is 10.1 Å². The number of anilines is 1. The molecule has 31 heavy (non-hydrogen) atoms. The summed E-state index contributed by atoms with van der Waals surface area (Å²) < 4.78 is 48.9. The zero-order chi connectivity index (χ0) is 22.2. The topological polar surface area (TPSA) is 73.2 Å². The van der Waals surface area contributed by atoms with Crippen LogP contribution in [0.1, 0.15) is 5.69 Å². The van der Waals surface area contributed by atoms with Crippen LogP contribution in [0.3, 0.4) is 0 Å². The van der Waals surface area contributed by atoms with Gasteiger partial charge in [-0.25, -0.2) is 17.8 Å². The Hall–Kier alpha value is -3.17. The van der Waals surface area contributed by atoms with Crippen molar-refractivity contribution in [1.82, 2.24) is 9.55 Å². The second-order valence-electron chi connectivity index (χ2n) is 6.92. The monoisotopic (exact) mass is 457 g/mol. The molecule has 9 heteroatoms. The molecule has 0 spiro atoms. The molecule has 4 aromatic rings. The van der Waals surface area contributed by atoms with Crippen molar-refractivity contribution in [3.63, 3.8) is 0 Å². The molecule has 0 unspecified atom stereocenters. The summed E-state index contributed by atoms with van der Waals surface area (Å²) >= 11 is 1.40. The second kappa shape index (κ2) is 8.16. The number of hydrogen-bond acceptors (Lipinski definition) is 5. The van der Waals surface area contributed by atoms with Crippen LogP contribution in [-0.4, -0.2) is 25.1 Å². The molecular weight excluding hydrogens is 437 g/mol. The van der Waals surface area contributed by atoms with Gasteiger partial charge in [0.15, 0.2) is 0 Å². The summed E-state index contributed by atoms with van der Waals surface area (Å²) in [5.41, 5.74) is 3.18. The predicted molar refractivity (Wildman–Crippen MR) is 120 cm³/mol. The van der Waals surface area contributed by atoms with E-state index in [1.54, 1.807) is 61.0 Å². The fourth-order valence-electron chi connectivity index (χ4n) is 3.19. The molecule has 0 amide bonds. The van der Waals surface area contributed by atoms with Crippen LogP contribution in [0.5, 0.6) is 5.75 Å². The molecule has 4 rings (SSSR count). The normalized spacial score (nSPS) is 11.5. The van der Waals surface area contributed by atoms with Gasteiger partial charge in [0.1, 0.15) is 21.5 Å². The molecule has 0 atom stereocenters. The van der Waals surface area contributed by atoms with Gasteiger partial charge in [-0.15, -0.1) is 11.3 Å². The smallest absolute Gasteiger partial charge is 0.263 e. The van der Waals surface area contributed by atoms with Crippen molar-refractivity contribution >= 4 is 27.0 Å². The Morgan fingerprint density at radius 2 is 1.87 bits per heavy atom. The number of sulfonamides is 1. The van der Waals surface area contributed by atoms with E-state index in [0.29, 0.717) is 33.5 Å². The third-order valence-corrected chi connectivity index (χ3v) is 7.33. The lowest BCUT2D eigenvalue weighted by molar-refractivity contribution is 0.415. The maximum atomic E-state index is 13.2. The Bertz CT molecular complexity index is 1340. The van der Waals surface area contributed by atoms with E-state index in [1.165, 1.54) is 30.6 Å². The molecule has 0 radical (unpaired) electrons. The summed E-state index contributed by atoms with van der Waals surface area (Å²) in [6.07, 6.45) is 0. The fourth-order valence-corrected chi connectivity index (χ4v) is 5.41. The minimum Gasteiger partial charge on any atom is -0.497 e. The summed E-state index contributed by atoms with van der Waals surface area (Å²) in [5, 5.41) is 2.54. The number of nitrogens with one attached hydrogen (secondary N) is 1. The van der Waals surface area contributed by atoms with Crippen molar-refractivity contribution in [3.05, 3.63) is 71.5 Å². The van der Waals surface area contributed by atoms with E-state index in [4.69, 9.17) is 4.74 Å². The van der Waals surface area contributed by atoms with Gasteiger partial charge in [-0.05, 0) is 49.4 Å². The highest BCUT2D eigenvalue weighted by Crippen LogP contribution is 2.33. The van der Waals surface area contributed by atoms with Crippen molar-refractivity contribution in [2.45, 2.75) is 11.8 Å². The van der Waals surface area contributed by atoms with E-state index < -0.39 is 10.0 Å². The van der Waals surface area contributed by atoms with E-state index in [-0.39, 0.29) is 10.7 Å². The summed E-state index contributed by atoms with van der Waals surface area (Å²) in [4.78, 5) is 4.80. The molecule has 160 valence electrons. The molecule has 0 bridgehead atoms. The third-order valence-electron chi connectivity index (χ3n) is 4.96. The number of halogens is 1. The first-order valence-corrected chi connectivity index (χ1v) is 11.7. The van der Waals surface area contributed by atoms with Crippen LogP contribution < -0.4 is 9.46 Å². The van der Waals surface area contributed by atoms with E-state index in [9.17, 15) is 12.8 Å². The van der Waals surface area contributed by atoms with Crippen molar-refractivity contribution in [3.8, 4) is 27.7 Å². The Morgan fingerprint density at radius 1 is 1.13 bits per heavy atom. The molecular formula is C22H20FN3O3S2. The highest BCUT2D eigenvalue weighted by atomic mass is 32.2. The Labute approximate surface area is 184 Å². The largest absolute Gasteiger partial charge is 0.497 e. The third kappa shape index (κ3) is 4.19. The maximum Gasteiger partial charge on any atom is 0.263 e. The molecule has 1 N–H and O–H groups in total. The molecule has 2 aromatic carbocycles. The van der Waals surface area contributed by atoms with Gasteiger partial charge in [-0.2, -0.15) is 0 Å². The van der Waals surface area contributed by atoms with Gasteiger partial charge in [0.25, 0.3) is 10.0 Å². The first-order valence-electron chi connectivity index (χ1n) is 9.33. The predicted octanol–water partition coefficient (Wildman–Crippen LogP) is 5.07. The minimum atomic E-state index is -3.82. The minimum absolute atomic E-state index is 0.173. The van der Waals surface area contributed by atoms with Gasteiger partial charge in [0.2, 0.25) is 0 Å². The number of nitrogens with zero attached hydrogens (tertiary/aromatic N) is 2. The number of aromatic nitrogens is 2. The molecule has 0 aliphatic carbocycles. The molecule has 0 fully saturated rings. The molecule has 2 aromatic heterocycles. The summed E-state index contributed by atoms with van der Waals surface area (Å²) in [6.45, 7) is 1.75. The van der Waals surface area contributed by atoms with Crippen molar-refractivity contribution in [2.24, 2.45) is 7.05 Å². The SMILES string of the molecule is COc1cccc(NS(=O)(=O)c2cc(-c3nc(-c4ccc(F)cc4)cs3)n(C)c2C)c1. The first-order chi connectivity index (χ1) is 14.8. The number of methoxy groups -OCH3 is 1. The van der Waals surface area contributed by atoms with Gasteiger partial charge in [0, 0.05) is 29.8 Å². The lowest BCUT2D eigenvalue weighted by Crippen LogP contribution is -2.13. The summed E-state index contributed by atoms with van der Waals surface area (Å²) in [5.74, 6) is 0.248. The van der Waals surface area contributed by atoms with E-state index in [1.807, 2.05) is 5.38 Å². The van der Waals surface area contributed by atoms with Gasteiger partial charge < -0.3 is 9.30 Å². The zero-order valence-electron chi connectivity index (χ0n) is 17.1. The standard InChI is InChI=1S/C22H20FN3O3S2/c1-14-21(31(27,28)25-17-5-4-6-18(11-17)29-3)12-20(26(14)2)22-24-19(13-30-22)15-7-9-16(23)10-8-15/h4-13,25H,1-3H3. The number of ether oxygens (including phenoxy) is 1. The molecule has 0 aliphatic heterocycles. The summed E-state index contributed by atoms with van der Waals surface area (Å²) in [6, 6.07) is 14.5. The van der Waals surface area contributed by atoms with E-state index in [2.05, 4.69) is 9.71 Å². The highest BCUT2D eigenvalue weighted by Gasteiger charge is 2.24. The highest BCUT2D eigenvalue weighted by molar-refractivity contribution is 7.92. The van der Waals surface area contributed by atoms with Crippen molar-refractivity contribution in [1.29, 1.82) is 0 Å². The average molecular weight is 458 g/mol. The molecule has 0 saturated carbocycles. The van der Waals surface area contributed by atoms with Gasteiger partial charge in [0.05, 0.1) is 24.2 Å². The quantitative estimate of drug-likeness (QED) is 0.439. The lowest BCUT2D eigenvalue weighted by Gasteiger charge is -2.09. The Morgan fingerprint density at radius 3 is 2.58 bits per heavy atom. The fraction of sp³-hybridized carbons (Fsp3) is 0.136. The maximum absolute atomic E-state index is 13.2. The number of benzene rings is 2. The molecule has 6 nitrogen and oxygen atoms in total. The number of hydrogen-bond donors (Lipinski definition) is 1. The zero-order valence-corrected chi connectivity index (χ0v) is 18.7. The van der Waals surface area contributed by atoms with Gasteiger partial charge in [-0.1, -0.05) is 6.07 Å². The Kier molecular flexibility index (Phi) is 5.55. The van der Waals surface area contributed by atoms with Crippen LogP contribution >= 0.6 is 11.3 Å². The second-order valence-corrected chi connectivity index (χ2v) is 9.43. The number of rotatable bonds is 6. The molecule has 0 aliphatic rings. The summed E-state index contributed by atoms with van der Waals surface area (Å²) in [7, 11) is -0.497.